The SMILES string of the molecule is CC[N+]1=C(/C=C/C=C\C(C)(C)c2cccc(S(=O)(=O)O)c2)C(C)(C)c2cc(SOOO)ccc21. The molecule has 0 aromatic heterocycles. The van der Waals surface area contributed by atoms with Crippen molar-refractivity contribution in [2.24, 2.45) is 0 Å². The van der Waals surface area contributed by atoms with Crippen LogP contribution in [-0.4, -0.2) is 35.1 Å². The van der Waals surface area contributed by atoms with E-state index in [1.54, 1.807) is 6.07 Å². The lowest BCUT2D eigenvalue weighted by molar-refractivity contribution is -0.433. The number of rotatable bonds is 9. The highest BCUT2D eigenvalue weighted by molar-refractivity contribution is 7.94. The highest BCUT2D eigenvalue weighted by Crippen LogP contribution is 2.42. The molecular weight excluding hydrogens is 474 g/mol. The Labute approximate surface area is 205 Å². The molecule has 0 spiro atoms. The molecule has 1 heterocycles. The maximum absolute atomic E-state index is 11.5. The molecule has 0 amide bonds. The fourth-order valence-electron chi connectivity index (χ4n) is 4.20. The summed E-state index contributed by atoms with van der Waals surface area (Å²) in [5.41, 5.74) is 3.48. The van der Waals surface area contributed by atoms with Gasteiger partial charge < -0.3 is 0 Å². The van der Waals surface area contributed by atoms with Gasteiger partial charge in [-0.25, -0.2) is 5.26 Å². The van der Waals surface area contributed by atoms with E-state index in [2.05, 4.69) is 40.8 Å². The fraction of sp³-hybridized carbons (Fsp3) is 0.320. The van der Waals surface area contributed by atoms with Gasteiger partial charge in [0.2, 0.25) is 5.69 Å². The van der Waals surface area contributed by atoms with Crippen molar-refractivity contribution < 1.29 is 32.2 Å². The van der Waals surface area contributed by atoms with E-state index >= 15 is 0 Å². The zero-order chi connectivity index (χ0) is 25.1. The third-order valence-corrected chi connectivity index (χ3v) is 7.52. The highest BCUT2D eigenvalue weighted by Gasteiger charge is 2.43. The molecule has 7 nitrogen and oxygen atoms in total. The van der Waals surface area contributed by atoms with Crippen LogP contribution in [0, 0.1) is 0 Å². The molecule has 9 heteroatoms. The monoisotopic (exact) mass is 504 g/mol. The Hall–Kier alpha value is -2.27. The molecule has 3 rings (SSSR count). The molecule has 2 aromatic rings. The van der Waals surface area contributed by atoms with Crippen LogP contribution >= 0.6 is 12.0 Å². The summed E-state index contributed by atoms with van der Waals surface area (Å²) < 4.78 is 39.2. The number of hydrogen-bond acceptors (Lipinski definition) is 6. The van der Waals surface area contributed by atoms with E-state index < -0.39 is 15.5 Å². The lowest BCUT2D eigenvalue weighted by atomic mass is 9.81. The van der Waals surface area contributed by atoms with Crippen LogP contribution in [0.3, 0.4) is 0 Å². The molecule has 0 saturated heterocycles. The molecule has 0 atom stereocenters. The lowest BCUT2D eigenvalue weighted by Crippen LogP contribution is -2.27. The van der Waals surface area contributed by atoms with E-state index in [-0.39, 0.29) is 10.3 Å². The highest BCUT2D eigenvalue weighted by atomic mass is 32.2. The fourth-order valence-corrected chi connectivity index (χ4v) is 5.12. The van der Waals surface area contributed by atoms with Crippen LogP contribution in [-0.2, 0) is 30.3 Å². The second-order valence-corrected chi connectivity index (χ2v) is 11.3. The van der Waals surface area contributed by atoms with Gasteiger partial charge >= 0.3 is 0 Å². The van der Waals surface area contributed by atoms with Crippen molar-refractivity contribution >= 4 is 33.6 Å². The summed E-state index contributed by atoms with van der Waals surface area (Å²) in [5.74, 6) is 0. The summed E-state index contributed by atoms with van der Waals surface area (Å²) in [6, 6.07) is 12.3. The molecule has 1 aliphatic heterocycles. The Morgan fingerprint density at radius 3 is 2.53 bits per heavy atom. The van der Waals surface area contributed by atoms with Gasteiger partial charge in [0, 0.05) is 28.0 Å². The molecule has 2 aromatic carbocycles. The van der Waals surface area contributed by atoms with Crippen molar-refractivity contribution in [1.29, 1.82) is 0 Å². The first kappa shape index (κ1) is 26.3. The van der Waals surface area contributed by atoms with E-state index in [9.17, 15) is 13.0 Å². The largest absolute Gasteiger partial charge is 0.294 e. The number of nitrogens with zero attached hydrogens (tertiary/aromatic N) is 1. The second-order valence-electron chi connectivity index (χ2n) is 9.10. The van der Waals surface area contributed by atoms with Crippen LogP contribution in [0.15, 0.2) is 76.6 Å². The van der Waals surface area contributed by atoms with Crippen molar-refractivity contribution in [3.63, 3.8) is 0 Å². The van der Waals surface area contributed by atoms with Crippen LogP contribution in [0.4, 0.5) is 5.69 Å². The molecule has 0 unspecified atom stereocenters. The molecule has 182 valence electrons. The Morgan fingerprint density at radius 1 is 1.15 bits per heavy atom. The summed E-state index contributed by atoms with van der Waals surface area (Å²) in [5, 5.41) is 12.2. The predicted octanol–water partition coefficient (Wildman–Crippen LogP) is 5.85. The van der Waals surface area contributed by atoms with Gasteiger partial charge in [-0.2, -0.15) is 13.0 Å². The van der Waals surface area contributed by atoms with Gasteiger partial charge in [0.25, 0.3) is 10.1 Å². The van der Waals surface area contributed by atoms with Crippen LogP contribution < -0.4 is 0 Å². The van der Waals surface area contributed by atoms with Gasteiger partial charge in [0.15, 0.2) is 5.71 Å². The van der Waals surface area contributed by atoms with Crippen LogP contribution in [0.5, 0.6) is 0 Å². The molecular formula is C25H30NO6S2+. The van der Waals surface area contributed by atoms with Crippen molar-refractivity contribution in [3.8, 4) is 0 Å². The van der Waals surface area contributed by atoms with Crippen molar-refractivity contribution in [1.82, 2.24) is 0 Å². The average molecular weight is 505 g/mol. The standard InChI is InChI=1S/C25H29NO6S2/c1-6-26-22-14-13-19(33-32-31-27)17-21(22)25(4,5)23(26)12-7-8-15-24(2,3)18-10-9-11-20(16-18)34(28,29)30/h7-17H,6H2,1-5H3,(H-,27,28,29,30)/p+1/b12-7+,15-8-. The normalized spacial score (nSPS) is 16.1. The first-order valence-electron chi connectivity index (χ1n) is 10.8. The summed E-state index contributed by atoms with van der Waals surface area (Å²) >= 11 is 0.939. The number of benzene rings is 2. The third kappa shape index (κ3) is 5.51. The summed E-state index contributed by atoms with van der Waals surface area (Å²) in [6.45, 7) is 11.2. The van der Waals surface area contributed by atoms with Gasteiger partial charge in [0.1, 0.15) is 6.54 Å². The first-order chi connectivity index (χ1) is 15.9. The van der Waals surface area contributed by atoms with Crippen LogP contribution in [0.2, 0.25) is 0 Å². The number of allylic oxidation sites excluding steroid dienone is 4. The zero-order valence-corrected chi connectivity index (χ0v) is 21.5. The quantitative estimate of drug-likeness (QED) is 0.110. The number of fused-ring (bicyclic) bond motifs is 1. The minimum atomic E-state index is -4.25. The maximum atomic E-state index is 11.5. The molecule has 0 radical (unpaired) electrons. The maximum Gasteiger partial charge on any atom is 0.294 e. The van der Waals surface area contributed by atoms with E-state index in [4.69, 9.17) is 5.26 Å². The molecule has 0 aliphatic carbocycles. The van der Waals surface area contributed by atoms with Gasteiger partial charge in [0.05, 0.1) is 22.4 Å². The average Bonchev–Trinajstić information content (AvgIpc) is 3.00. The summed E-state index contributed by atoms with van der Waals surface area (Å²) in [4.78, 5) is 0.700. The first-order valence-corrected chi connectivity index (χ1v) is 13.0. The van der Waals surface area contributed by atoms with Crippen molar-refractivity contribution in [2.45, 2.75) is 55.2 Å². The van der Waals surface area contributed by atoms with Crippen molar-refractivity contribution in [3.05, 3.63) is 77.9 Å². The zero-order valence-electron chi connectivity index (χ0n) is 19.8. The minimum absolute atomic E-state index is 0.116. The van der Waals surface area contributed by atoms with Gasteiger partial charge in [-0.1, -0.05) is 49.2 Å². The Balaban J connectivity index is 1.87. The van der Waals surface area contributed by atoms with Crippen LogP contribution in [0.1, 0.15) is 45.7 Å². The summed E-state index contributed by atoms with van der Waals surface area (Å²) in [6.07, 6.45) is 8.02. The predicted molar refractivity (Wildman–Crippen MR) is 133 cm³/mol. The molecule has 2 N–H and O–H groups in total. The topological polar surface area (TPSA) is 96.1 Å². The second kappa shape index (κ2) is 10.2. The molecule has 0 bridgehead atoms. The smallest absolute Gasteiger partial charge is 0.282 e. The molecule has 1 aliphatic rings. The molecule has 0 saturated carbocycles. The number of hydrogen-bond donors (Lipinski definition) is 2. The minimum Gasteiger partial charge on any atom is -0.282 e. The third-order valence-electron chi connectivity index (χ3n) is 6.09. The Kier molecular flexibility index (Phi) is 7.86. The van der Waals surface area contributed by atoms with Crippen molar-refractivity contribution in [2.75, 3.05) is 6.54 Å². The van der Waals surface area contributed by atoms with Gasteiger partial charge in [-0.15, -0.1) is 4.33 Å². The van der Waals surface area contributed by atoms with E-state index in [1.807, 2.05) is 56.3 Å². The van der Waals surface area contributed by atoms with E-state index in [0.29, 0.717) is 0 Å². The van der Waals surface area contributed by atoms with E-state index in [1.165, 1.54) is 12.1 Å². The summed E-state index contributed by atoms with van der Waals surface area (Å²) in [7, 11) is -4.25. The van der Waals surface area contributed by atoms with Crippen LogP contribution in [0.25, 0.3) is 0 Å². The van der Waals surface area contributed by atoms with Gasteiger partial charge in [-0.05, 0) is 50.6 Å². The molecule has 34 heavy (non-hydrogen) atoms. The lowest BCUT2D eigenvalue weighted by Gasteiger charge is -2.21. The van der Waals surface area contributed by atoms with E-state index in [0.717, 1.165) is 46.0 Å². The Bertz CT molecular complexity index is 1260. The Morgan fingerprint density at radius 2 is 1.88 bits per heavy atom. The molecule has 0 fully saturated rings. The van der Waals surface area contributed by atoms with Gasteiger partial charge in [-0.3, -0.25) is 4.55 Å².